The number of esters is 1. The van der Waals surface area contributed by atoms with Crippen molar-refractivity contribution in [2.45, 2.75) is 43.3 Å². The maximum atomic E-state index is 12.5. The van der Waals surface area contributed by atoms with Gasteiger partial charge in [0.15, 0.2) is 15.6 Å². The number of hydrogen-bond donors (Lipinski definition) is 1. The van der Waals surface area contributed by atoms with Crippen molar-refractivity contribution >= 4 is 15.8 Å². The molecule has 8 heteroatoms. The lowest BCUT2D eigenvalue weighted by Gasteiger charge is -2.40. The Kier molecular flexibility index (Phi) is 5.24. The summed E-state index contributed by atoms with van der Waals surface area (Å²) in [5.74, 6) is -2.11. The summed E-state index contributed by atoms with van der Waals surface area (Å²) in [5.41, 5.74) is 0. The second-order valence-corrected chi connectivity index (χ2v) is 7.62. The number of hydrogen-bond acceptors (Lipinski definition) is 7. The van der Waals surface area contributed by atoms with Crippen LogP contribution in [0.4, 0.5) is 0 Å². The highest BCUT2D eigenvalue weighted by Gasteiger charge is 2.49. The zero-order valence-electron chi connectivity index (χ0n) is 12.5. The molecule has 1 N–H and O–H groups in total. The molecule has 0 bridgehead atoms. The molecule has 0 aromatic carbocycles. The molecule has 2 unspecified atom stereocenters. The molecule has 2 fully saturated rings. The largest absolute Gasteiger partial charge is 0.465 e. The average Bonchev–Trinajstić information content (AvgIpc) is 2.87. The van der Waals surface area contributed by atoms with Gasteiger partial charge in [0, 0.05) is 18.9 Å². The standard InChI is InChI=1S/C13H23NO6S/c1-3-18-12(15)9-21(16,17)11-8-13(19-6-7-20-13)5-4-10(11)14-2/h10-11,14H,3-9H2,1-2H3. The highest BCUT2D eigenvalue weighted by atomic mass is 32.2. The number of sulfone groups is 1. The zero-order chi connectivity index (χ0) is 15.5. The van der Waals surface area contributed by atoms with E-state index in [2.05, 4.69) is 5.32 Å². The fraction of sp³-hybridized carbons (Fsp3) is 0.923. The minimum atomic E-state index is -3.63. The molecule has 0 radical (unpaired) electrons. The third-order valence-electron chi connectivity index (χ3n) is 4.07. The van der Waals surface area contributed by atoms with Crippen LogP contribution < -0.4 is 5.32 Å². The van der Waals surface area contributed by atoms with Crippen LogP contribution in [0, 0.1) is 0 Å². The monoisotopic (exact) mass is 321 g/mol. The summed E-state index contributed by atoms with van der Waals surface area (Å²) in [6.45, 7) is 2.78. The van der Waals surface area contributed by atoms with E-state index >= 15 is 0 Å². The van der Waals surface area contributed by atoms with Gasteiger partial charge in [-0.25, -0.2) is 8.42 Å². The maximum absolute atomic E-state index is 12.5. The molecule has 1 saturated carbocycles. The van der Waals surface area contributed by atoms with Gasteiger partial charge in [0.05, 0.1) is 25.1 Å². The van der Waals surface area contributed by atoms with E-state index in [1.54, 1.807) is 14.0 Å². The summed E-state index contributed by atoms with van der Waals surface area (Å²) in [6, 6.07) is -0.206. The molecule has 1 heterocycles. The molecule has 122 valence electrons. The Balaban J connectivity index is 2.14. The van der Waals surface area contributed by atoms with Crippen molar-refractivity contribution in [2.24, 2.45) is 0 Å². The summed E-state index contributed by atoms with van der Waals surface area (Å²) in [4.78, 5) is 11.5. The number of nitrogens with one attached hydrogen (secondary N) is 1. The molecule has 1 aliphatic carbocycles. The molecule has 2 atom stereocenters. The second-order valence-electron chi connectivity index (χ2n) is 5.40. The highest BCUT2D eigenvalue weighted by Crippen LogP contribution is 2.38. The molecule has 7 nitrogen and oxygen atoms in total. The van der Waals surface area contributed by atoms with E-state index in [-0.39, 0.29) is 19.1 Å². The van der Waals surface area contributed by atoms with Gasteiger partial charge in [0.25, 0.3) is 0 Å². The fourth-order valence-corrected chi connectivity index (χ4v) is 4.96. The summed E-state index contributed by atoms with van der Waals surface area (Å²) >= 11 is 0. The first-order valence-electron chi connectivity index (χ1n) is 7.25. The van der Waals surface area contributed by atoms with Crippen LogP contribution in [0.3, 0.4) is 0 Å². The Morgan fingerprint density at radius 1 is 1.38 bits per heavy atom. The highest BCUT2D eigenvalue weighted by molar-refractivity contribution is 7.92. The van der Waals surface area contributed by atoms with Gasteiger partial charge in [-0.1, -0.05) is 0 Å². The Hall–Kier alpha value is -0.700. The van der Waals surface area contributed by atoms with Crippen LogP contribution in [0.15, 0.2) is 0 Å². The molecule has 2 aliphatic rings. The van der Waals surface area contributed by atoms with E-state index in [0.717, 1.165) is 0 Å². The van der Waals surface area contributed by atoms with Crippen molar-refractivity contribution in [1.82, 2.24) is 5.32 Å². The van der Waals surface area contributed by atoms with Crippen molar-refractivity contribution in [3.8, 4) is 0 Å². The smallest absolute Gasteiger partial charge is 0.321 e. The van der Waals surface area contributed by atoms with Crippen LogP contribution in [-0.4, -0.2) is 64.1 Å². The fourth-order valence-electron chi connectivity index (χ4n) is 3.05. The molecule has 2 rings (SSSR count). The zero-order valence-corrected chi connectivity index (χ0v) is 13.3. The lowest BCUT2D eigenvalue weighted by atomic mass is 9.89. The molecule has 1 spiro atoms. The van der Waals surface area contributed by atoms with Gasteiger partial charge in [-0.15, -0.1) is 0 Å². The maximum Gasteiger partial charge on any atom is 0.321 e. The topological polar surface area (TPSA) is 90.9 Å². The van der Waals surface area contributed by atoms with E-state index < -0.39 is 32.6 Å². The SMILES string of the molecule is CCOC(=O)CS(=O)(=O)C1CC2(CCC1NC)OCCO2. The first-order valence-corrected chi connectivity index (χ1v) is 8.96. The summed E-state index contributed by atoms with van der Waals surface area (Å²) in [5, 5.41) is 2.32. The average molecular weight is 321 g/mol. The minimum Gasteiger partial charge on any atom is -0.465 e. The number of ether oxygens (including phenoxy) is 3. The van der Waals surface area contributed by atoms with Crippen molar-refractivity contribution in [2.75, 3.05) is 32.6 Å². The minimum absolute atomic E-state index is 0.171. The molecule has 1 aliphatic heterocycles. The van der Waals surface area contributed by atoms with Gasteiger partial charge in [0.2, 0.25) is 0 Å². The molecular weight excluding hydrogens is 298 g/mol. The summed E-state index contributed by atoms with van der Waals surface area (Å²) < 4.78 is 41.1. The molecule has 21 heavy (non-hydrogen) atoms. The van der Waals surface area contributed by atoms with Crippen molar-refractivity contribution < 1.29 is 27.4 Å². The second kappa shape index (κ2) is 6.60. The van der Waals surface area contributed by atoms with Crippen LogP contribution in [0.25, 0.3) is 0 Å². The summed E-state index contributed by atoms with van der Waals surface area (Å²) in [7, 11) is -1.90. The predicted molar refractivity (Wildman–Crippen MR) is 75.5 cm³/mol. The quantitative estimate of drug-likeness (QED) is 0.704. The van der Waals surface area contributed by atoms with Crippen molar-refractivity contribution in [3.63, 3.8) is 0 Å². The van der Waals surface area contributed by atoms with E-state index in [1.165, 1.54) is 0 Å². The first kappa shape index (κ1) is 16.7. The number of carbonyl (C=O) groups excluding carboxylic acids is 1. The lowest BCUT2D eigenvalue weighted by Crippen LogP contribution is -2.54. The van der Waals surface area contributed by atoms with Crippen LogP contribution in [0.5, 0.6) is 0 Å². The molecule has 1 saturated heterocycles. The molecular formula is C13H23NO6S. The van der Waals surface area contributed by atoms with Gasteiger partial charge in [-0.3, -0.25) is 4.79 Å². The van der Waals surface area contributed by atoms with Gasteiger partial charge in [-0.05, 0) is 20.4 Å². The molecule has 0 amide bonds. The Bertz CT molecular complexity index is 471. The van der Waals surface area contributed by atoms with E-state index in [0.29, 0.717) is 26.1 Å². The Morgan fingerprint density at radius 3 is 2.62 bits per heavy atom. The summed E-state index contributed by atoms with van der Waals surface area (Å²) in [6.07, 6.45) is 1.54. The van der Waals surface area contributed by atoms with Gasteiger partial charge >= 0.3 is 5.97 Å². The van der Waals surface area contributed by atoms with Crippen LogP contribution in [0.1, 0.15) is 26.2 Å². The Labute approximate surface area is 125 Å². The molecule has 0 aromatic heterocycles. The first-order chi connectivity index (χ1) is 9.92. The molecule has 0 aromatic rings. The van der Waals surface area contributed by atoms with Gasteiger partial charge < -0.3 is 19.5 Å². The lowest BCUT2D eigenvalue weighted by molar-refractivity contribution is -0.178. The van der Waals surface area contributed by atoms with Crippen molar-refractivity contribution in [3.05, 3.63) is 0 Å². The van der Waals surface area contributed by atoms with Crippen LogP contribution >= 0.6 is 0 Å². The van der Waals surface area contributed by atoms with Crippen LogP contribution in [-0.2, 0) is 28.8 Å². The van der Waals surface area contributed by atoms with Crippen LogP contribution in [0.2, 0.25) is 0 Å². The van der Waals surface area contributed by atoms with E-state index in [9.17, 15) is 13.2 Å². The predicted octanol–water partition coefficient (Wildman–Crippen LogP) is -0.152. The number of carbonyl (C=O) groups is 1. The van der Waals surface area contributed by atoms with Gasteiger partial charge in [0.1, 0.15) is 5.75 Å². The third kappa shape index (κ3) is 3.74. The van der Waals surface area contributed by atoms with Gasteiger partial charge in [-0.2, -0.15) is 0 Å². The van der Waals surface area contributed by atoms with E-state index in [4.69, 9.17) is 14.2 Å². The van der Waals surface area contributed by atoms with Crippen molar-refractivity contribution in [1.29, 1.82) is 0 Å². The third-order valence-corrected chi connectivity index (χ3v) is 6.12. The van der Waals surface area contributed by atoms with E-state index in [1.807, 2.05) is 0 Å². The number of rotatable bonds is 5. The Morgan fingerprint density at radius 2 is 2.05 bits per heavy atom. The normalized spacial score (nSPS) is 28.7.